The topological polar surface area (TPSA) is 197 Å². The zero-order valence-corrected chi connectivity index (χ0v) is 23.8. The number of aliphatic hydroxyl groups excluding tert-OH is 5. The number of carboxylic acids is 1. The predicted octanol–water partition coefficient (Wildman–Crippen LogP) is -0.139. The number of aliphatic carboxylic acids is 1. The van der Waals surface area contributed by atoms with E-state index in [1.165, 1.54) is 23.9 Å². The first-order chi connectivity index (χ1) is 18.9. The molecule has 1 aliphatic rings. The molecule has 11 nitrogen and oxygen atoms in total. The Labute approximate surface area is 240 Å². The first kappa shape index (κ1) is 34.3. The monoisotopic (exact) mass is 606 g/mol. The maximum Gasteiger partial charge on any atom is 0.303 e. The molecule has 0 aromatic heterocycles. The van der Waals surface area contributed by atoms with E-state index in [1.807, 2.05) is 6.92 Å². The van der Waals surface area contributed by atoms with E-state index in [9.17, 15) is 44.3 Å². The summed E-state index contributed by atoms with van der Waals surface area (Å²) in [5.74, 6) is -3.46. The van der Waals surface area contributed by atoms with Gasteiger partial charge in [-0.2, -0.15) is 23.5 Å². The normalized spacial score (nSPS) is 25.0. The van der Waals surface area contributed by atoms with Crippen LogP contribution in [0.4, 0.5) is 4.39 Å². The number of carboxylic acid groups (broad SMARTS) is 1. The smallest absolute Gasteiger partial charge is 0.303 e. The molecule has 0 saturated heterocycles. The van der Waals surface area contributed by atoms with Gasteiger partial charge >= 0.3 is 5.97 Å². The van der Waals surface area contributed by atoms with Crippen LogP contribution in [0.3, 0.4) is 0 Å². The van der Waals surface area contributed by atoms with E-state index in [-0.39, 0.29) is 36.6 Å². The van der Waals surface area contributed by atoms with Crippen LogP contribution in [0.15, 0.2) is 24.3 Å². The van der Waals surface area contributed by atoms with Gasteiger partial charge in [0.25, 0.3) is 0 Å². The average Bonchev–Trinajstić information content (AvgIpc) is 2.91. The fourth-order valence-corrected chi connectivity index (χ4v) is 6.67. The number of benzene rings is 1. The highest BCUT2D eigenvalue weighted by atomic mass is 32.2. The van der Waals surface area contributed by atoms with Crippen molar-refractivity contribution in [2.75, 3.05) is 18.1 Å². The number of aliphatic hydroxyl groups is 5. The van der Waals surface area contributed by atoms with Gasteiger partial charge in [-0.25, -0.2) is 4.39 Å². The third-order valence-electron chi connectivity index (χ3n) is 6.49. The van der Waals surface area contributed by atoms with E-state index in [2.05, 4.69) is 10.6 Å². The largest absolute Gasteiger partial charge is 0.481 e. The van der Waals surface area contributed by atoms with Gasteiger partial charge in [0, 0.05) is 35.5 Å². The fraction of sp³-hybridized carbons (Fsp3) is 0.654. The number of hydrogen-bond acceptors (Lipinski definition) is 10. The number of halogens is 1. The van der Waals surface area contributed by atoms with Crippen molar-refractivity contribution in [2.45, 2.75) is 80.2 Å². The van der Waals surface area contributed by atoms with Crippen LogP contribution < -0.4 is 10.6 Å². The standard InChI is InChI=1S/C26H39FN2O9S2/c1-2-8-28-26(38)17(6-7-21(33)34)29-25(37)16-10-18(30)22(35)23(36)24(16)40-13-20(32)19(31)12-39-11-14-4-3-5-15(27)9-14/h3-5,9,16-20,22-24,30-32,35-36H,2,6-8,10-13H2,1H3,(H,28,38)(H,29,37)(H,33,34). The summed E-state index contributed by atoms with van der Waals surface area (Å²) in [6.07, 6.45) is -7.13. The molecule has 0 heterocycles. The molecule has 40 heavy (non-hydrogen) atoms. The number of thioether (sulfide) groups is 2. The SMILES string of the molecule is CCCNC(=O)C(CCC(=O)O)NC(=O)C1CC(O)C(O)C(O)C1SCC(O)C(O)CSCc1cccc(F)c1. The molecule has 226 valence electrons. The van der Waals surface area contributed by atoms with E-state index in [4.69, 9.17) is 5.11 Å². The van der Waals surface area contributed by atoms with Crippen molar-refractivity contribution in [3.05, 3.63) is 35.6 Å². The Morgan fingerprint density at radius 3 is 2.45 bits per heavy atom. The van der Waals surface area contributed by atoms with E-state index < -0.39 is 65.5 Å². The van der Waals surface area contributed by atoms with Gasteiger partial charge in [-0.05, 0) is 37.0 Å². The molecule has 0 aliphatic heterocycles. The van der Waals surface area contributed by atoms with Crippen molar-refractivity contribution in [1.82, 2.24) is 10.6 Å². The van der Waals surface area contributed by atoms with E-state index in [0.717, 1.165) is 17.3 Å². The van der Waals surface area contributed by atoms with Crippen LogP contribution in [0, 0.1) is 11.7 Å². The van der Waals surface area contributed by atoms with E-state index >= 15 is 0 Å². The zero-order chi connectivity index (χ0) is 29.8. The van der Waals surface area contributed by atoms with Gasteiger partial charge < -0.3 is 41.3 Å². The van der Waals surface area contributed by atoms with Gasteiger partial charge in [0.1, 0.15) is 18.0 Å². The zero-order valence-electron chi connectivity index (χ0n) is 22.2. The fourth-order valence-electron chi connectivity index (χ4n) is 4.21. The van der Waals surface area contributed by atoms with Gasteiger partial charge in [-0.1, -0.05) is 19.1 Å². The third kappa shape index (κ3) is 10.8. The highest BCUT2D eigenvalue weighted by Crippen LogP contribution is 2.35. The van der Waals surface area contributed by atoms with Crippen LogP contribution in [-0.4, -0.2) is 108 Å². The molecular formula is C26H39FN2O9S2. The summed E-state index contributed by atoms with van der Waals surface area (Å²) >= 11 is 2.23. The van der Waals surface area contributed by atoms with Crippen molar-refractivity contribution in [3.8, 4) is 0 Å². The molecule has 8 atom stereocenters. The maximum atomic E-state index is 13.3. The van der Waals surface area contributed by atoms with Crippen LogP contribution in [-0.2, 0) is 20.1 Å². The number of carbonyl (C=O) groups excluding carboxylic acids is 2. The average molecular weight is 607 g/mol. The molecule has 1 saturated carbocycles. The van der Waals surface area contributed by atoms with Crippen molar-refractivity contribution in [3.63, 3.8) is 0 Å². The molecule has 8 N–H and O–H groups in total. The molecule has 0 spiro atoms. The molecule has 0 bridgehead atoms. The second-order valence-corrected chi connectivity index (χ2v) is 12.0. The lowest BCUT2D eigenvalue weighted by molar-refractivity contribution is -0.141. The van der Waals surface area contributed by atoms with Gasteiger partial charge in [0.2, 0.25) is 11.8 Å². The number of rotatable bonds is 16. The van der Waals surface area contributed by atoms with Gasteiger partial charge in [0.05, 0.1) is 30.3 Å². The van der Waals surface area contributed by atoms with Crippen molar-refractivity contribution >= 4 is 41.3 Å². The first-order valence-electron chi connectivity index (χ1n) is 13.1. The van der Waals surface area contributed by atoms with Crippen molar-refractivity contribution < 1.29 is 49.4 Å². The third-order valence-corrected chi connectivity index (χ3v) is 9.13. The highest BCUT2D eigenvalue weighted by molar-refractivity contribution is 8.00. The minimum Gasteiger partial charge on any atom is -0.481 e. The molecule has 2 rings (SSSR count). The van der Waals surface area contributed by atoms with Crippen LogP contribution in [0.25, 0.3) is 0 Å². The quantitative estimate of drug-likeness (QED) is 0.125. The lowest BCUT2D eigenvalue weighted by Crippen LogP contribution is -2.58. The molecule has 14 heteroatoms. The second kappa shape index (κ2) is 17.1. The Bertz CT molecular complexity index is 976. The minimum absolute atomic E-state index is 0.116. The van der Waals surface area contributed by atoms with Gasteiger partial charge in [-0.3, -0.25) is 14.4 Å². The molecule has 8 unspecified atom stereocenters. The number of amides is 2. The Kier molecular flexibility index (Phi) is 14.7. The summed E-state index contributed by atoms with van der Waals surface area (Å²) in [6, 6.07) is 4.85. The summed E-state index contributed by atoms with van der Waals surface area (Å²) in [6.45, 7) is 2.15. The van der Waals surface area contributed by atoms with Crippen LogP contribution in [0.5, 0.6) is 0 Å². The van der Waals surface area contributed by atoms with E-state index in [0.29, 0.717) is 18.7 Å². The number of nitrogens with one attached hydrogen (secondary N) is 2. The molecule has 1 aromatic rings. The predicted molar refractivity (Wildman–Crippen MR) is 149 cm³/mol. The Morgan fingerprint density at radius 2 is 1.80 bits per heavy atom. The number of carbonyl (C=O) groups is 3. The molecule has 2 amide bonds. The van der Waals surface area contributed by atoms with Crippen LogP contribution in [0.1, 0.15) is 38.2 Å². The maximum absolute atomic E-state index is 13.3. The van der Waals surface area contributed by atoms with E-state index in [1.54, 1.807) is 12.1 Å². The first-order valence-corrected chi connectivity index (χ1v) is 15.3. The summed E-state index contributed by atoms with van der Waals surface area (Å²) in [4.78, 5) is 36.8. The van der Waals surface area contributed by atoms with Gasteiger partial charge in [0.15, 0.2) is 0 Å². The summed E-state index contributed by atoms with van der Waals surface area (Å²) in [7, 11) is 0. The Morgan fingerprint density at radius 1 is 1.10 bits per heavy atom. The minimum atomic E-state index is -1.55. The molecular weight excluding hydrogens is 567 g/mol. The van der Waals surface area contributed by atoms with Crippen molar-refractivity contribution in [2.24, 2.45) is 5.92 Å². The van der Waals surface area contributed by atoms with Crippen molar-refractivity contribution in [1.29, 1.82) is 0 Å². The Balaban J connectivity index is 2.02. The highest BCUT2D eigenvalue weighted by Gasteiger charge is 2.46. The summed E-state index contributed by atoms with van der Waals surface area (Å²) < 4.78 is 13.3. The molecule has 1 fully saturated rings. The molecule has 1 aliphatic carbocycles. The van der Waals surface area contributed by atoms with Crippen LogP contribution in [0.2, 0.25) is 0 Å². The second-order valence-electron chi connectivity index (χ2n) is 9.75. The molecule has 1 aromatic carbocycles. The van der Waals surface area contributed by atoms with Crippen LogP contribution >= 0.6 is 23.5 Å². The van der Waals surface area contributed by atoms with Gasteiger partial charge in [-0.15, -0.1) is 0 Å². The lowest BCUT2D eigenvalue weighted by atomic mass is 9.82. The number of hydrogen-bond donors (Lipinski definition) is 8. The molecule has 0 radical (unpaired) electrons. The summed E-state index contributed by atoms with van der Waals surface area (Å²) in [5, 5.41) is 65.2. The lowest BCUT2D eigenvalue weighted by Gasteiger charge is -2.40. The Hall–Kier alpha value is -1.94. The summed E-state index contributed by atoms with van der Waals surface area (Å²) in [5.41, 5.74) is 0.720.